The second-order valence-electron chi connectivity index (χ2n) is 6.92. The van der Waals surface area contributed by atoms with E-state index in [1.54, 1.807) is 6.33 Å². The molecule has 0 radical (unpaired) electrons. The summed E-state index contributed by atoms with van der Waals surface area (Å²) >= 11 is 0. The number of nitrogens with zero attached hydrogens (tertiary/aromatic N) is 3. The Morgan fingerprint density at radius 3 is 2.60 bits per heavy atom. The molecule has 4 rings (SSSR count). The van der Waals surface area contributed by atoms with Crippen LogP contribution in [0.3, 0.4) is 0 Å². The van der Waals surface area contributed by atoms with Crippen LogP contribution < -0.4 is 5.73 Å². The lowest BCUT2D eigenvalue weighted by Crippen LogP contribution is -2.44. The molecule has 1 saturated carbocycles. The minimum Gasteiger partial charge on any atom is -0.327 e. The number of fused-ring (bicyclic) bond motifs is 1. The van der Waals surface area contributed by atoms with Gasteiger partial charge in [-0.05, 0) is 30.9 Å². The smallest absolute Gasteiger partial charge is 0.161 e. The van der Waals surface area contributed by atoms with Gasteiger partial charge in [-0.2, -0.15) is 0 Å². The normalized spacial score (nSPS) is 26.6. The number of rotatable bonds is 2. The Morgan fingerprint density at radius 2 is 1.84 bits per heavy atom. The molecule has 1 aliphatic heterocycles. The van der Waals surface area contributed by atoms with Crippen molar-refractivity contribution in [1.82, 2.24) is 14.9 Å². The van der Waals surface area contributed by atoms with Gasteiger partial charge in [0.05, 0.1) is 5.69 Å². The highest BCUT2D eigenvalue weighted by Crippen LogP contribution is 2.37. The van der Waals surface area contributed by atoms with Crippen molar-refractivity contribution in [3.05, 3.63) is 58.9 Å². The fourth-order valence-corrected chi connectivity index (χ4v) is 4.11. The maximum Gasteiger partial charge on any atom is 0.161 e. The van der Waals surface area contributed by atoms with Gasteiger partial charge in [-0.3, -0.25) is 4.90 Å². The first kappa shape index (κ1) is 16.5. The van der Waals surface area contributed by atoms with Gasteiger partial charge in [-0.15, -0.1) is 0 Å². The van der Waals surface area contributed by atoms with Gasteiger partial charge in [0.2, 0.25) is 0 Å². The SMILES string of the molecule is NC1CC(N2Cc3cncnc3C2)CC[C@@H]1c1cc(F)c(F)cc1F. The Hall–Kier alpha value is -1.99. The summed E-state index contributed by atoms with van der Waals surface area (Å²) < 4.78 is 40.7. The Morgan fingerprint density at radius 1 is 1.04 bits per heavy atom. The second-order valence-corrected chi connectivity index (χ2v) is 6.92. The summed E-state index contributed by atoms with van der Waals surface area (Å²) in [5, 5.41) is 0. The molecule has 25 heavy (non-hydrogen) atoms. The summed E-state index contributed by atoms with van der Waals surface area (Å²) in [5.41, 5.74) is 8.64. The maximum absolute atomic E-state index is 14.1. The third-order valence-corrected chi connectivity index (χ3v) is 5.44. The standard InChI is InChI=1S/C18H19F3N4/c19-14-5-16(21)15(20)4-13(14)12-2-1-11(3-17(12)22)25-7-10-6-23-9-24-18(10)8-25/h4-6,9,11-12,17H,1-3,7-8,22H2/t11?,12-,17?/m1/s1. The van der Waals surface area contributed by atoms with Crippen LogP contribution in [-0.4, -0.2) is 27.0 Å². The second kappa shape index (κ2) is 6.38. The first-order chi connectivity index (χ1) is 12.0. The molecule has 4 nitrogen and oxygen atoms in total. The van der Waals surface area contributed by atoms with Gasteiger partial charge in [0.25, 0.3) is 0 Å². The lowest BCUT2D eigenvalue weighted by molar-refractivity contribution is 0.137. The van der Waals surface area contributed by atoms with E-state index in [9.17, 15) is 13.2 Å². The van der Waals surface area contributed by atoms with E-state index in [-0.39, 0.29) is 23.6 Å². The minimum atomic E-state index is -1.17. The van der Waals surface area contributed by atoms with Crippen LogP contribution in [-0.2, 0) is 13.1 Å². The Balaban J connectivity index is 1.47. The molecule has 2 unspecified atom stereocenters. The Kier molecular flexibility index (Phi) is 4.21. The van der Waals surface area contributed by atoms with Gasteiger partial charge in [0.1, 0.15) is 12.1 Å². The molecule has 1 fully saturated rings. The van der Waals surface area contributed by atoms with Crippen LogP contribution in [0, 0.1) is 17.5 Å². The zero-order chi connectivity index (χ0) is 17.6. The molecular formula is C18H19F3N4. The predicted octanol–water partition coefficient (Wildman–Crippen LogP) is 2.87. The molecule has 0 saturated heterocycles. The highest BCUT2D eigenvalue weighted by molar-refractivity contribution is 5.27. The van der Waals surface area contributed by atoms with Gasteiger partial charge >= 0.3 is 0 Å². The number of halogens is 3. The molecular weight excluding hydrogens is 329 g/mol. The van der Waals surface area contributed by atoms with Crippen molar-refractivity contribution in [1.29, 1.82) is 0 Å². The molecule has 132 valence electrons. The van der Waals surface area contributed by atoms with Gasteiger partial charge in [0.15, 0.2) is 11.6 Å². The van der Waals surface area contributed by atoms with Crippen molar-refractivity contribution in [3.63, 3.8) is 0 Å². The molecule has 2 aliphatic rings. The van der Waals surface area contributed by atoms with Crippen LogP contribution in [0.2, 0.25) is 0 Å². The van der Waals surface area contributed by atoms with Gasteiger partial charge < -0.3 is 5.73 Å². The zero-order valence-electron chi connectivity index (χ0n) is 13.6. The molecule has 2 N–H and O–H groups in total. The van der Waals surface area contributed by atoms with Crippen LogP contribution >= 0.6 is 0 Å². The van der Waals surface area contributed by atoms with Crippen molar-refractivity contribution in [2.75, 3.05) is 0 Å². The largest absolute Gasteiger partial charge is 0.327 e. The zero-order valence-corrected chi connectivity index (χ0v) is 13.6. The molecule has 0 amide bonds. The number of hydrogen-bond acceptors (Lipinski definition) is 4. The third kappa shape index (κ3) is 3.02. The van der Waals surface area contributed by atoms with Gasteiger partial charge in [-0.25, -0.2) is 23.1 Å². The van der Waals surface area contributed by atoms with E-state index in [4.69, 9.17) is 5.73 Å². The number of nitrogens with two attached hydrogens (primary N) is 1. The van der Waals surface area contributed by atoms with E-state index >= 15 is 0 Å². The molecule has 0 bridgehead atoms. The highest BCUT2D eigenvalue weighted by atomic mass is 19.2. The van der Waals surface area contributed by atoms with Crippen LogP contribution in [0.1, 0.15) is 42.0 Å². The minimum absolute atomic E-state index is 0.181. The molecule has 2 heterocycles. The fourth-order valence-electron chi connectivity index (χ4n) is 4.11. The summed E-state index contributed by atoms with van der Waals surface area (Å²) in [6.07, 6.45) is 5.55. The van der Waals surface area contributed by atoms with E-state index in [0.29, 0.717) is 18.9 Å². The fraction of sp³-hybridized carbons (Fsp3) is 0.444. The molecule has 7 heteroatoms. The van der Waals surface area contributed by atoms with E-state index in [0.717, 1.165) is 36.8 Å². The van der Waals surface area contributed by atoms with E-state index in [1.807, 2.05) is 6.20 Å². The van der Waals surface area contributed by atoms with Gasteiger partial charge in [-0.1, -0.05) is 0 Å². The van der Waals surface area contributed by atoms with Crippen molar-refractivity contribution < 1.29 is 13.2 Å². The third-order valence-electron chi connectivity index (χ3n) is 5.44. The summed E-state index contributed by atoms with van der Waals surface area (Å²) in [4.78, 5) is 10.7. The van der Waals surface area contributed by atoms with E-state index < -0.39 is 17.5 Å². The van der Waals surface area contributed by atoms with Crippen molar-refractivity contribution in [2.24, 2.45) is 5.73 Å². The summed E-state index contributed by atoms with van der Waals surface area (Å²) in [6, 6.07) is 1.54. The molecule has 0 spiro atoms. The van der Waals surface area contributed by atoms with Crippen LogP contribution in [0.25, 0.3) is 0 Å². The predicted molar refractivity (Wildman–Crippen MR) is 86.0 cm³/mol. The first-order valence-electron chi connectivity index (χ1n) is 8.44. The van der Waals surface area contributed by atoms with E-state index in [1.165, 1.54) is 0 Å². The van der Waals surface area contributed by atoms with Crippen molar-refractivity contribution in [3.8, 4) is 0 Å². The Bertz CT molecular complexity index is 773. The van der Waals surface area contributed by atoms with Crippen LogP contribution in [0.15, 0.2) is 24.7 Å². The molecule has 1 aromatic heterocycles. The first-order valence-corrected chi connectivity index (χ1v) is 8.44. The average molecular weight is 348 g/mol. The number of aromatic nitrogens is 2. The summed E-state index contributed by atoms with van der Waals surface area (Å²) in [7, 11) is 0. The summed E-state index contributed by atoms with van der Waals surface area (Å²) in [6.45, 7) is 1.55. The lowest BCUT2D eigenvalue weighted by atomic mass is 9.77. The van der Waals surface area contributed by atoms with E-state index in [2.05, 4.69) is 14.9 Å². The molecule has 1 aliphatic carbocycles. The highest BCUT2D eigenvalue weighted by Gasteiger charge is 2.36. The molecule has 1 aromatic carbocycles. The molecule has 2 aromatic rings. The monoisotopic (exact) mass is 348 g/mol. The van der Waals surface area contributed by atoms with Crippen molar-refractivity contribution in [2.45, 2.75) is 50.4 Å². The molecule has 3 atom stereocenters. The Labute approximate surface area is 143 Å². The number of benzene rings is 1. The lowest BCUT2D eigenvalue weighted by Gasteiger charge is -2.38. The van der Waals surface area contributed by atoms with Crippen LogP contribution in [0.4, 0.5) is 13.2 Å². The maximum atomic E-state index is 14.1. The van der Waals surface area contributed by atoms with Crippen LogP contribution in [0.5, 0.6) is 0 Å². The summed E-state index contributed by atoms with van der Waals surface area (Å²) in [5.74, 6) is -3.21. The average Bonchev–Trinajstić information content (AvgIpc) is 3.02. The van der Waals surface area contributed by atoms with Crippen molar-refractivity contribution >= 4 is 0 Å². The van der Waals surface area contributed by atoms with Gasteiger partial charge in [0, 0.05) is 48.9 Å². The number of hydrogen-bond donors (Lipinski definition) is 1. The quantitative estimate of drug-likeness (QED) is 0.848. The topological polar surface area (TPSA) is 55.0 Å².